The minimum atomic E-state index is -4.19. The third-order valence-electron chi connectivity index (χ3n) is 3.42. The van der Waals surface area contributed by atoms with E-state index in [1.165, 1.54) is 13.8 Å². The van der Waals surface area contributed by atoms with Gasteiger partial charge in [0.1, 0.15) is 0 Å². The summed E-state index contributed by atoms with van der Waals surface area (Å²) in [5.74, 6) is -0.314. The molecule has 0 rings (SSSR count). The van der Waals surface area contributed by atoms with E-state index in [0.29, 0.717) is 12.8 Å². The van der Waals surface area contributed by atoms with Gasteiger partial charge < -0.3 is 5.53 Å². The van der Waals surface area contributed by atoms with E-state index < -0.39 is 28.8 Å². The van der Waals surface area contributed by atoms with Crippen LogP contribution in [0.2, 0.25) is 0 Å². The lowest BCUT2D eigenvalue weighted by atomic mass is 10.1. The first-order valence-corrected chi connectivity index (χ1v) is 9.89. The highest BCUT2D eigenvalue weighted by molar-refractivity contribution is 8.31. The molecule has 0 spiro atoms. The van der Waals surface area contributed by atoms with Crippen molar-refractivity contribution in [2.45, 2.75) is 64.5 Å². The Hall–Kier alpha value is -0.720. The van der Waals surface area contributed by atoms with Gasteiger partial charge in [-0.25, -0.2) is 16.8 Å². The molecule has 0 aromatic rings. The van der Waals surface area contributed by atoms with Crippen LogP contribution in [-0.4, -0.2) is 36.5 Å². The highest BCUT2D eigenvalue weighted by Gasteiger charge is 2.49. The van der Waals surface area contributed by atoms with Gasteiger partial charge >= 0.3 is 4.38 Å². The van der Waals surface area contributed by atoms with Crippen LogP contribution in [0.5, 0.6) is 0 Å². The monoisotopic (exact) mass is 324 g/mol. The smallest absolute Gasteiger partial charge is 0.359 e. The quantitative estimate of drug-likeness (QED) is 0.235. The summed E-state index contributed by atoms with van der Waals surface area (Å²) in [6, 6.07) is 0. The Balaban J connectivity index is 5.36. The van der Waals surface area contributed by atoms with Crippen molar-refractivity contribution in [3.63, 3.8) is 0 Å². The molecule has 0 fully saturated rings. The van der Waals surface area contributed by atoms with Crippen LogP contribution in [0.4, 0.5) is 0 Å². The molecule has 0 aliphatic carbocycles. The van der Waals surface area contributed by atoms with E-state index in [1.807, 2.05) is 6.92 Å². The molecule has 0 saturated heterocycles. The SMILES string of the molecule is CCCCCCS(=O)(=O)C(=[N+]=[N-])S(=O)(=O)C(C)(C)CC. The van der Waals surface area contributed by atoms with Gasteiger partial charge in [0, 0.05) is 0 Å². The van der Waals surface area contributed by atoms with Crippen molar-refractivity contribution in [3.05, 3.63) is 5.53 Å². The van der Waals surface area contributed by atoms with Gasteiger partial charge in [-0.15, -0.1) is 4.79 Å². The zero-order valence-corrected chi connectivity index (χ0v) is 14.2. The summed E-state index contributed by atoms with van der Waals surface area (Å²) >= 11 is 0. The van der Waals surface area contributed by atoms with Crippen LogP contribution >= 0.6 is 0 Å². The Labute approximate surface area is 122 Å². The zero-order valence-electron chi connectivity index (χ0n) is 12.6. The third-order valence-corrected chi connectivity index (χ3v) is 8.57. The largest absolute Gasteiger partial charge is 0.495 e. The molecule has 0 radical (unpaired) electrons. The number of nitrogens with zero attached hydrogens (tertiary/aromatic N) is 2. The van der Waals surface area contributed by atoms with E-state index in [0.717, 1.165) is 12.8 Å². The summed E-state index contributed by atoms with van der Waals surface area (Å²) in [6.45, 7) is 6.46. The van der Waals surface area contributed by atoms with Crippen LogP contribution in [0.15, 0.2) is 0 Å². The molecule has 20 heavy (non-hydrogen) atoms. The molecule has 0 N–H and O–H groups in total. The van der Waals surface area contributed by atoms with Crippen molar-refractivity contribution >= 4 is 24.1 Å². The van der Waals surface area contributed by atoms with E-state index in [9.17, 15) is 16.8 Å². The van der Waals surface area contributed by atoms with Gasteiger partial charge in [0.25, 0.3) is 19.7 Å². The van der Waals surface area contributed by atoms with Crippen molar-refractivity contribution in [3.8, 4) is 0 Å². The van der Waals surface area contributed by atoms with Crippen LogP contribution in [0, 0.1) is 0 Å². The van der Waals surface area contributed by atoms with E-state index in [-0.39, 0.29) is 12.2 Å². The summed E-state index contributed by atoms with van der Waals surface area (Å²) < 4.78 is 46.3. The highest BCUT2D eigenvalue weighted by Crippen LogP contribution is 2.24. The number of hydrogen-bond acceptors (Lipinski definition) is 4. The molecule has 118 valence electrons. The van der Waals surface area contributed by atoms with Gasteiger partial charge in [0.2, 0.25) is 0 Å². The van der Waals surface area contributed by atoms with Gasteiger partial charge in [-0.05, 0) is 26.7 Å². The Bertz CT molecular complexity index is 571. The number of unbranched alkanes of at least 4 members (excludes halogenated alkanes) is 3. The van der Waals surface area contributed by atoms with E-state index in [4.69, 9.17) is 5.53 Å². The summed E-state index contributed by atoms with van der Waals surface area (Å²) in [4.78, 5) is 2.59. The van der Waals surface area contributed by atoms with Crippen LogP contribution in [-0.2, 0) is 19.7 Å². The van der Waals surface area contributed by atoms with Crippen LogP contribution in [0.1, 0.15) is 59.8 Å². The van der Waals surface area contributed by atoms with Crippen molar-refractivity contribution < 1.29 is 21.6 Å². The lowest BCUT2D eigenvalue weighted by Gasteiger charge is -2.19. The van der Waals surface area contributed by atoms with Crippen LogP contribution < -0.4 is 0 Å². The molecule has 0 aliphatic heterocycles. The Kier molecular flexibility index (Phi) is 7.07. The van der Waals surface area contributed by atoms with Crippen molar-refractivity contribution in [1.82, 2.24) is 0 Å². The Morgan fingerprint density at radius 2 is 1.60 bits per heavy atom. The second-order valence-electron chi connectivity index (χ2n) is 5.36. The molecule has 0 bridgehead atoms. The standard InChI is InChI=1S/C12H24N2O4S2/c1-5-7-8-9-10-19(15,16)11(14-13)20(17,18)12(3,4)6-2/h5-10H2,1-4H3. The second kappa shape index (κ2) is 7.33. The molecule has 0 heterocycles. The molecular weight excluding hydrogens is 300 g/mol. The summed E-state index contributed by atoms with van der Waals surface area (Å²) in [6.07, 6.45) is 3.11. The van der Waals surface area contributed by atoms with Crippen molar-refractivity contribution in [1.29, 1.82) is 0 Å². The summed E-state index contributed by atoms with van der Waals surface area (Å²) in [5, 5.41) is 0. The topological polar surface area (TPSA) is 105 Å². The molecule has 0 unspecified atom stereocenters. The molecule has 6 nitrogen and oxygen atoms in total. The predicted molar refractivity (Wildman–Crippen MR) is 79.8 cm³/mol. The lowest BCUT2D eigenvalue weighted by Crippen LogP contribution is -2.41. The summed E-state index contributed by atoms with van der Waals surface area (Å²) in [7, 11) is -8.28. The first-order valence-electron chi connectivity index (χ1n) is 6.76. The van der Waals surface area contributed by atoms with Gasteiger partial charge in [-0.1, -0.05) is 33.1 Å². The first kappa shape index (κ1) is 19.3. The minimum Gasteiger partial charge on any atom is -0.359 e. The molecule has 0 aliphatic rings. The maximum absolute atomic E-state index is 12.3. The molecule has 0 atom stereocenters. The van der Waals surface area contributed by atoms with Crippen LogP contribution in [0.25, 0.3) is 5.53 Å². The van der Waals surface area contributed by atoms with Gasteiger partial charge in [0.05, 0.1) is 10.5 Å². The molecule has 0 amide bonds. The Morgan fingerprint density at radius 3 is 2.00 bits per heavy atom. The fourth-order valence-electron chi connectivity index (χ4n) is 1.52. The van der Waals surface area contributed by atoms with Crippen molar-refractivity contribution in [2.75, 3.05) is 5.75 Å². The molecule has 8 heteroatoms. The van der Waals surface area contributed by atoms with Crippen molar-refractivity contribution in [2.24, 2.45) is 0 Å². The predicted octanol–water partition coefficient (Wildman–Crippen LogP) is 2.17. The molecule has 0 saturated carbocycles. The fraction of sp³-hybridized carbons (Fsp3) is 0.917. The number of rotatable bonds is 7. The lowest BCUT2D eigenvalue weighted by molar-refractivity contribution is 0.00364. The normalized spacial score (nSPS) is 13.0. The minimum absolute atomic E-state index is 0.222. The maximum atomic E-state index is 12.3. The molecule has 0 aromatic carbocycles. The van der Waals surface area contributed by atoms with E-state index >= 15 is 0 Å². The number of sulfone groups is 2. The first-order chi connectivity index (χ1) is 9.06. The maximum Gasteiger partial charge on any atom is 0.495 e. The van der Waals surface area contributed by atoms with Gasteiger partial charge in [0.15, 0.2) is 0 Å². The molecular formula is C12H24N2O4S2. The average Bonchev–Trinajstić information content (AvgIpc) is 2.34. The second-order valence-corrected chi connectivity index (χ2v) is 10.1. The number of hydrogen-bond donors (Lipinski definition) is 0. The van der Waals surface area contributed by atoms with Crippen LogP contribution in [0.3, 0.4) is 0 Å². The van der Waals surface area contributed by atoms with E-state index in [2.05, 4.69) is 4.79 Å². The summed E-state index contributed by atoms with van der Waals surface area (Å²) in [5.41, 5.74) is 8.89. The van der Waals surface area contributed by atoms with E-state index in [1.54, 1.807) is 6.92 Å². The van der Waals surface area contributed by atoms with Gasteiger partial charge in [-0.2, -0.15) is 0 Å². The fourth-order valence-corrected chi connectivity index (χ4v) is 5.62. The zero-order chi connectivity index (χ0) is 16.0. The van der Waals surface area contributed by atoms with Gasteiger partial charge in [-0.3, -0.25) is 0 Å². The third kappa shape index (κ3) is 4.40. The Morgan fingerprint density at radius 1 is 1.05 bits per heavy atom. The highest BCUT2D eigenvalue weighted by atomic mass is 32.3. The molecule has 0 aromatic heterocycles. The average molecular weight is 324 g/mol.